The lowest BCUT2D eigenvalue weighted by molar-refractivity contribution is -0.0329. The number of aromatic nitrogens is 3. The highest BCUT2D eigenvalue weighted by Gasteiger charge is 2.32. The van der Waals surface area contributed by atoms with Gasteiger partial charge in [0.25, 0.3) is 17.4 Å². The van der Waals surface area contributed by atoms with Crippen LogP contribution in [0.1, 0.15) is 40.7 Å². The third-order valence-electron chi connectivity index (χ3n) is 4.05. The molecule has 31 heavy (non-hydrogen) atoms. The SMILES string of the molecule is CC(C)n1nc(C(=O)NNC(=O)c2cccnc2SC(F)(F)F)c2ccccc2c1=O. The largest absolute Gasteiger partial charge is 0.447 e. The summed E-state index contributed by atoms with van der Waals surface area (Å²) in [6.45, 7) is 3.43. The molecule has 0 unspecified atom stereocenters. The summed E-state index contributed by atoms with van der Waals surface area (Å²) in [4.78, 5) is 41.2. The third kappa shape index (κ3) is 5.02. The molecule has 0 aliphatic carbocycles. The van der Waals surface area contributed by atoms with Crippen LogP contribution >= 0.6 is 11.8 Å². The number of alkyl halides is 3. The fourth-order valence-electron chi connectivity index (χ4n) is 2.72. The number of rotatable bonds is 4. The van der Waals surface area contributed by atoms with Crippen LogP contribution in [0.4, 0.5) is 13.2 Å². The van der Waals surface area contributed by atoms with Gasteiger partial charge in [0.2, 0.25) is 0 Å². The van der Waals surface area contributed by atoms with E-state index in [2.05, 4.69) is 20.9 Å². The zero-order valence-electron chi connectivity index (χ0n) is 16.2. The van der Waals surface area contributed by atoms with Gasteiger partial charge in [0, 0.05) is 23.3 Å². The lowest BCUT2D eigenvalue weighted by Crippen LogP contribution is -2.43. The van der Waals surface area contributed by atoms with Crippen LogP contribution in [0.5, 0.6) is 0 Å². The molecule has 1 aromatic carbocycles. The van der Waals surface area contributed by atoms with Crippen LogP contribution < -0.4 is 16.4 Å². The molecule has 0 aliphatic rings. The normalized spacial score (nSPS) is 11.5. The Bertz CT molecular complexity index is 1210. The van der Waals surface area contributed by atoms with Gasteiger partial charge in [0.05, 0.1) is 17.0 Å². The van der Waals surface area contributed by atoms with Crippen molar-refractivity contribution < 1.29 is 22.8 Å². The van der Waals surface area contributed by atoms with Crippen molar-refractivity contribution in [1.82, 2.24) is 25.6 Å². The number of fused-ring (bicyclic) bond motifs is 1. The van der Waals surface area contributed by atoms with Gasteiger partial charge >= 0.3 is 5.51 Å². The van der Waals surface area contributed by atoms with Gasteiger partial charge in [-0.15, -0.1) is 0 Å². The topological polar surface area (TPSA) is 106 Å². The molecule has 0 atom stereocenters. The second-order valence-corrected chi connectivity index (χ2v) is 7.60. The molecule has 2 aromatic heterocycles. The van der Waals surface area contributed by atoms with E-state index >= 15 is 0 Å². The van der Waals surface area contributed by atoms with Crippen molar-refractivity contribution in [2.45, 2.75) is 30.4 Å². The van der Waals surface area contributed by atoms with Gasteiger partial charge in [-0.1, -0.05) is 18.2 Å². The van der Waals surface area contributed by atoms with Gasteiger partial charge in [-0.2, -0.15) is 18.3 Å². The van der Waals surface area contributed by atoms with Crippen molar-refractivity contribution in [1.29, 1.82) is 0 Å². The molecule has 2 heterocycles. The van der Waals surface area contributed by atoms with Crippen molar-refractivity contribution in [3.8, 4) is 0 Å². The Morgan fingerprint density at radius 2 is 1.68 bits per heavy atom. The number of hydrogen-bond donors (Lipinski definition) is 2. The maximum Gasteiger partial charge on any atom is 0.447 e. The molecule has 3 rings (SSSR count). The number of hydrazine groups is 1. The van der Waals surface area contributed by atoms with Crippen LogP contribution in [0, 0.1) is 0 Å². The number of benzene rings is 1. The Balaban J connectivity index is 1.87. The van der Waals surface area contributed by atoms with Crippen LogP contribution in [-0.4, -0.2) is 32.1 Å². The summed E-state index contributed by atoms with van der Waals surface area (Å²) in [5, 5.41) is 4.07. The third-order valence-corrected chi connectivity index (χ3v) is 4.80. The van der Waals surface area contributed by atoms with E-state index in [0.29, 0.717) is 0 Å². The summed E-state index contributed by atoms with van der Waals surface area (Å²) >= 11 is -0.540. The van der Waals surface area contributed by atoms with Gasteiger partial charge < -0.3 is 0 Å². The molecular weight excluding hydrogens is 435 g/mol. The van der Waals surface area contributed by atoms with E-state index in [1.54, 1.807) is 32.0 Å². The van der Waals surface area contributed by atoms with Crippen LogP contribution in [0.15, 0.2) is 52.4 Å². The molecule has 0 saturated heterocycles. The number of carbonyl (C=O) groups is 2. The predicted molar refractivity (Wildman–Crippen MR) is 107 cm³/mol. The minimum Gasteiger partial charge on any atom is -0.267 e. The lowest BCUT2D eigenvalue weighted by atomic mass is 10.1. The Hall–Kier alpha value is -3.41. The van der Waals surface area contributed by atoms with E-state index < -0.39 is 34.1 Å². The van der Waals surface area contributed by atoms with Crippen molar-refractivity contribution in [3.63, 3.8) is 0 Å². The Kier molecular flexibility index (Phi) is 6.29. The summed E-state index contributed by atoms with van der Waals surface area (Å²) in [6, 6.07) is 8.44. The van der Waals surface area contributed by atoms with Crippen LogP contribution in [-0.2, 0) is 0 Å². The number of nitrogens with one attached hydrogen (secondary N) is 2. The molecule has 0 aliphatic heterocycles. The number of amides is 2. The molecule has 0 saturated carbocycles. The molecule has 12 heteroatoms. The van der Waals surface area contributed by atoms with Gasteiger partial charge in [-0.3, -0.25) is 25.2 Å². The first-order chi connectivity index (χ1) is 14.6. The first kappa shape index (κ1) is 22.3. The Morgan fingerprint density at radius 3 is 2.32 bits per heavy atom. The van der Waals surface area contributed by atoms with Crippen molar-refractivity contribution in [2.75, 3.05) is 0 Å². The molecule has 0 spiro atoms. The molecular formula is C19H16F3N5O3S. The number of pyridine rings is 1. The number of nitrogens with zero attached hydrogens (tertiary/aromatic N) is 3. The van der Waals surface area contributed by atoms with E-state index in [0.717, 1.165) is 16.9 Å². The molecule has 0 fully saturated rings. The zero-order chi connectivity index (χ0) is 22.8. The number of carbonyl (C=O) groups excluding carboxylic acids is 2. The van der Waals surface area contributed by atoms with Crippen LogP contribution in [0.25, 0.3) is 10.8 Å². The molecule has 3 aromatic rings. The monoisotopic (exact) mass is 451 g/mol. The fourth-order valence-corrected chi connectivity index (χ4v) is 3.32. The first-order valence-corrected chi connectivity index (χ1v) is 9.73. The Labute approximate surface area is 177 Å². The molecule has 162 valence electrons. The van der Waals surface area contributed by atoms with Crippen LogP contribution in [0.2, 0.25) is 0 Å². The zero-order valence-corrected chi connectivity index (χ0v) is 17.0. The number of hydrogen-bond acceptors (Lipinski definition) is 6. The lowest BCUT2D eigenvalue weighted by Gasteiger charge is -2.14. The highest BCUT2D eigenvalue weighted by Crippen LogP contribution is 2.37. The average Bonchev–Trinajstić information content (AvgIpc) is 2.71. The molecule has 2 amide bonds. The molecule has 8 nitrogen and oxygen atoms in total. The number of halogens is 3. The fraction of sp³-hybridized carbons (Fsp3) is 0.211. The van der Waals surface area contributed by atoms with E-state index in [1.165, 1.54) is 12.1 Å². The molecule has 0 radical (unpaired) electrons. The maximum atomic E-state index is 12.7. The second kappa shape index (κ2) is 8.76. The smallest absolute Gasteiger partial charge is 0.267 e. The van der Waals surface area contributed by atoms with E-state index in [4.69, 9.17) is 0 Å². The highest BCUT2D eigenvalue weighted by atomic mass is 32.2. The van der Waals surface area contributed by atoms with Gasteiger partial charge in [0.1, 0.15) is 5.03 Å². The Morgan fingerprint density at radius 1 is 1.03 bits per heavy atom. The standard InChI is InChI=1S/C19H16F3N5O3S/c1-10(2)27-18(30)12-7-4-3-6-11(12)14(26-27)16(29)25-24-15(28)13-8-5-9-23-17(13)31-19(20,21)22/h3-10H,1-2H3,(H,24,28)(H,25,29). The summed E-state index contributed by atoms with van der Waals surface area (Å²) in [7, 11) is 0. The molecule has 2 N–H and O–H groups in total. The van der Waals surface area contributed by atoms with E-state index in [1.807, 2.05) is 0 Å². The highest BCUT2D eigenvalue weighted by molar-refractivity contribution is 8.00. The summed E-state index contributed by atoms with van der Waals surface area (Å²) in [5.41, 5.74) is -1.31. The summed E-state index contributed by atoms with van der Waals surface area (Å²) < 4.78 is 39.2. The van der Waals surface area contributed by atoms with Gasteiger partial charge in [-0.05, 0) is 32.0 Å². The number of thioether (sulfide) groups is 1. The van der Waals surface area contributed by atoms with Crippen molar-refractivity contribution in [2.24, 2.45) is 0 Å². The predicted octanol–water partition coefficient (Wildman–Crippen LogP) is 3.06. The van der Waals surface area contributed by atoms with Crippen LogP contribution in [0.3, 0.4) is 0 Å². The quantitative estimate of drug-likeness (QED) is 0.467. The van der Waals surface area contributed by atoms with Gasteiger partial charge in [0.15, 0.2) is 5.69 Å². The summed E-state index contributed by atoms with van der Waals surface area (Å²) in [5.74, 6) is -1.83. The first-order valence-electron chi connectivity index (χ1n) is 8.91. The van der Waals surface area contributed by atoms with E-state index in [9.17, 15) is 27.6 Å². The van der Waals surface area contributed by atoms with Crippen molar-refractivity contribution in [3.05, 3.63) is 64.2 Å². The minimum absolute atomic E-state index is 0.125. The van der Waals surface area contributed by atoms with Crippen molar-refractivity contribution >= 4 is 34.3 Å². The van der Waals surface area contributed by atoms with E-state index in [-0.39, 0.29) is 33.6 Å². The maximum absolute atomic E-state index is 12.7. The minimum atomic E-state index is -4.64. The average molecular weight is 451 g/mol. The molecule has 0 bridgehead atoms. The summed E-state index contributed by atoms with van der Waals surface area (Å²) in [6.07, 6.45) is 1.12. The second-order valence-electron chi connectivity index (χ2n) is 6.55. The van der Waals surface area contributed by atoms with Gasteiger partial charge in [-0.25, -0.2) is 9.67 Å².